The number of hydrogen-bond acceptors (Lipinski definition) is 3. The molecule has 6 heteroatoms. The van der Waals surface area contributed by atoms with Crippen LogP contribution >= 0.6 is 11.6 Å². The fourth-order valence-electron chi connectivity index (χ4n) is 4.18. The van der Waals surface area contributed by atoms with Gasteiger partial charge in [-0.2, -0.15) is 0 Å². The SMILES string of the molecule is NCC1CCN(C(=O)C2Cc3ccccc3CN2C(=O)c2ccccc2Cl)C1. The number of fused-ring (bicyclic) bond motifs is 1. The van der Waals surface area contributed by atoms with Gasteiger partial charge in [0.15, 0.2) is 0 Å². The molecule has 0 saturated carbocycles. The van der Waals surface area contributed by atoms with Crippen LogP contribution in [0.3, 0.4) is 0 Å². The number of rotatable bonds is 3. The molecule has 28 heavy (non-hydrogen) atoms. The summed E-state index contributed by atoms with van der Waals surface area (Å²) < 4.78 is 0. The fraction of sp³-hybridized carbons (Fsp3) is 0.364. The molecule has 2 heterocycles. The predicted molar refractivity (Wildman–Crippen MR) is 109 cm³/mol. The van der Waals surface area contributed by atoms with E-state index in [2.05, 4.69) is 0 Å². The molecule has 0 aliphatic carbocycles. The Bertz CT molecular complexity index is 901. The second-order valence-electron chi connectivity index (χ2n) is 7.58. The van der Waals surface area contributed by atoms with Crippen molar-refractivity contribution >= 4 is 23.4 Å². The Morgan fingerprint density at radius 3 is 2.50 bits per heavy atom. The van der Waals surface area contributed by atoms with Gasteiger partial charge in [0.25, 0.3) is 5.91 Å². The summed E-state index contributed by atoms with van der Waals surface area (Å²) in [7, 11) is 0. The minimum Gasteiger partial charge on any atom is -0.341 e. The number of likely N-dealkylation sites (tertiary alicyclic amines) is 1. The average molecular weight is 398 g/mol. The van der Waals surface area contributed by atoms with Gasteiger partial charge in [0.1, 0.15) is 6.04 Å². The number of amides is 2. The van der Waals surface area contributed by atoms with Crippen molar-refractivity contribution in [3.8, 4) is 0 Å². The third-order valence-corrected chi connectivity index (χ3v) is 6.16. The Labute approximate surface area is 170 Å². The second-order valence-corrected chi connectivity index (χ2v) is 7.98. The first kappa shape index (κ1) is 19.0. The van der Waals surface area contributed by atoms with Gasteiger partial charge in [-0.25, -0.2) is 0 Å². The highest BCUT2D eigenvalue weighted by Crippen LogP contribution is 2.29. The number of nitrogens with two attached hydrogens (primary N) is 1. The molecule has 0 spiro atoms. The fourth-order valence-corrected chi connectivity index (χ4v) is 4.40. The maximum Gasteiger partial charge on any atom is 0.256 e. The lowest BCUT2D eigenvalue weighted by molar-refractivity contribution is -0.135. The molecule has 2 unspecified atom stereocenters. The van der Waals surface area contributed by atoms with Crippen molar-refractivity contribution in [2.45, 2.75) is 25.4 Å². The van der Waals surface area contributed by atoms with Gasteiger partial charge in [0.05, 0.1) is 10.6 Å². The monoisotopic (exact) mass is 397 g/mol. The van der Waals surface area contributed by atoms with E-state index < -0.39 is 6.04 Å². The topological polar surface area (TPSA) is 66.6 Å². The van der Waals surface area contributed by atoms with Crippen LogP contribution in [0.5, 0.6) is 0 Å². The second kappa shape index (κ2) is 7.94. The van der Waals surface area contributed by atoms with E-state index in [4.69, 9.17) is 17.3 Å². The number of benzene rings is 2. The van der Waals surface area contributed by atoms with Crippen LogP contribution in [0.1, 0.15) is 27.9 Å². The van der Waals surface area contributed by atoms with E-state index in [1.165, 1.54) is 0 Å². The highest BCUT2D eigenvalue weighted by atomic mass is 35.5. The zero-order valence-electron chi connectivity index (χ0n) is 15.7. The lowest BCUT2D eigenvalue weighted by Gasteiger charge is -2.38. The van der Waals surface area contributed by atoms with Crippen LogP contribution < -0.4 is 5.73 Å². The zero-order valence-corrected chi connectivity index (χ0v) is 16.4. The van der Waals surface area contributed by atoms with Crippen LogP contribution in [0, 0.1) is 5.92 Å². The summed E-state index contributed by atoms with van der Waals surface area (Å²) in [5.74, 6) is 0.145. The lowest BCUT2D eigenvalue weighted by Crippen LogP contribution is -2.53. The van der Waals surface area contributed by atoms with Gasteiger partial charge in [-0.05, 0) is 42.1 Å². The van der Waals surface area contributed by atoms with E-state index in [1.807, 2.05) is 29.2 Å². The summed E-state index contributed by atoms with van der Waals surface area (Å²) >= 11 is 6.27. The Morgan fingerprint density at radius 2 is 1.79 bits per heavy atom. The predicted octanol–water partition coefficient (Wildman–Crippen LogP) is 2.71. The molecule has 1 saturated heterocycles. The minimum atomic E-state index is -0.518. The quantitative estimate of drug-likeness (QED) is 0.865. The highest BCUT2D eigenvalue weighted by Gasteiger charge is 2.39. The van der Waals surface area contributed by atoms with Crippen molar-refractivity contribution in [1.82, 2.24) is 9.80 Å². The smallest absolute Gasteiger partial charge is 0.256 e. The van der Waals surface area contributed by atoms with E-state index >= 15 is 0 Å². The van der Waals surface area contributed by atoms with E-state index in [0.29, 0.717) is 49.1 Å². The molecule has 2 aliphatic rings. The largest absolute Gasteiger partial charge is 0.341 e. The Balaban J connectivity index is 1.66. The van der Waals surface area contributed by atoms with Crippen molar-refractivity contribution in [2.24, 2.45) is 11.7 Å². The molecular weight excluding hydrogens is 374 g/mol. The number of carbonyl (C=O) groups excluding carboxylic acids is 2. The van der Waals surface area contributed by atoms with Gasteiger partial charge < -0.3 is 15.5 Å². The molecule has 2 aromatic carbocycles. The normalized spacial score (nSPS) is 21.5. The molecular formula is C22H24ClN3O2. The van der Waals surface area contributed by atoms with Gasteiger partial charge in [0.2, 0.25) is 5.91 Å². The van der Waals surface area contributed by atoms with Gasteiger partial charge in [-0.15, -0.1) is 0 Å². The van der Waals surface area contributed by atoms with Crippen molar-refractivity contribution in [3.05, 3.63) is 70.2 Å². The van der Waals surface area contributed by atoms with Crippen LogP contribution in [0.4, 0.5) is 0 Å². The van der Waals surface area contributed by atoms with Crippen molar-refractivity contribution in [3.63, 3.8) is 0 Å². The molecule has 5 nitrogen and oxygen atoms in total. The van der Waals surface area contributed by atoms with E-state index in [0.717, 1.165) is 17.5 Å². The van der Waals surface area contributed by atoms with Crippen LogP contribution in [0.2, 0.25) is 5.02 Å². The molecule has 4 rings (SSSR count). The Kier molecular flexibility index (Phi) is 5.38. The third-order valence-electron chi connectivity index (χ3n) is 5.83. The molecule has 2 N–H and O–H groups in total. The van der Waals surface area contributed by atoms with Crippen LogP contribution in [0.25, 0.3) is 0 Å². The number of halogens is 1. The first-order valence-corrected chi connectivity index (χ1v) is 10.1. The Hall–Kier alpha value is -2.37. The summed E-state index contributed by atoms with van der Waals surface area (Å²) in [4.78, 5) is 30.2. The summed E-state index contributed by atoms with van der Waals surface area (Å²) in [5, 5.41) is 0.405. The molecule has 2 amide bonds. The van der Waals surface area contributed by atoms with Gasteiger partial charge in [0, 0.05) is 26.1 Å². The van der Waals surface area contributed by atoms with Crippen molar-refractivity contribution < 1.29 is 9.59 Å². The summed E-state index contributed by atoms with van der Waals surface area (Å²) in [5.41, 5.74) is 8.42. The van der Waals surface area contributed by atoms with Crippen molar-refractivity contribution in [2.75, 3.05) is 19.6 Å². The molecule has 2 aliphatic heterocycles. The van der Waals surface area contributed by atoms with Gasteiger partial charge >= 0.3 is 0 Å². The minimum absolute atomic E-state index is 0.00542. The van der Waals surface area contributed by atoms with Crippen LogP contribution in [-0.4, -0.2) is 47.3 Å². The lowest BCUT2D eigenvalue weighted by atomic mass is 9.92. The van der Waals surface area contributed by atoms with Crippen molar-refractivity contribution in [1.29, 1.82) is 0 Å². The first-order valence-electron chi connectivity index (χ1n) is 9.69. The maximum atomic E-state index is 13.4. The molecule has 0 bridgehead atoms. The summed E-state index contributed by atoms with van der Waals surface area (Å²) in [6.45, 7) is 2.36. The molecule has 0 radical (unpaired) electrons. The van der Waals surface area contributed by atoms with Crippen LogP contribution in [-0.2, 0) is 17.8 Å². The van der Waals surface area contributed by atoms with Crippen LogP contribution in [0.15, 0.2) is 48.5 Å². The number of carbonyl (C=O) groups is 2. The van der Waals surface area contributed by atoms with E-state index in [9.17, 15) is 9.59 Å². The Morgan fingerprint density at radius 1 is 1.07 bits per heavy atom. The first-order chi connectivity index (χ1) is 13.6. The summed E-state index contributed by atoms with van der Waals surface area (Å²) in [6.07, 6.45) is 1.44. The van der Waals surface area contributed by atoms with Gasteiger partial charge in [-0.1, -0.05) is 48.0 Å². The van der Waals surface area contributed by atoms with Gasteiger partial charge in [-0.3, -0.25) is 9.59 Å². The standard InChI is InChI=1S/C22H24ClN3O2/c23-19-8-4-3-7-18(19)21(27)26-14-17-6-2-1-5-16(17)11-20(26)22(28)25-10-9-15(12-24)13-25/h1-8,15,20H,9-14,24H2. The van der Waals surface area contributed by atoms with E-state index in [1.54, 1.807) is 29.2 Å². The molecule has 1 fully saturated rings. The molecule has 2 aromatic rings. The number of nitrogens with zero attached hydrogens (tertiary/aromatic N) is 2. The zero-order chi connectivity index (χ0) is 19.7. The highest BCUT2D eigenvalue weighted by molar-refractivity contribution is 6.33. The summed E-state index contributed by atoms with van der Waals surface area (Å²) in [6, 6.07) is 14.5. The maximum absolute atomic E-state index is 13.4. The molecule has 146 valence electrons. The number of hydrogen-bond donors (Lipinski definition) is 1. The molecule has 0 aromatic heterocycles. The molecule has 2 atom stereocenters. The average Bonchev–Trinajstić information content (AvgIpc) is 3.21. The third kappa shape index (κ3) is 3.52. The van der Waals surface area contributed by atoms with E-state index in [-0.39, 0.29) is 11.8 Å².